The number of hydrogen-bond donors (Lipinski definition) is 0. The van der Waals surface area contributed by atoms with Gasteiger partial charge in [-0.05, 0) is 51.4 Å². The number of likely N-dealkylation sites (N-methyl/N-ethyl adjacent to an activating group) is 1. The smallest absolute Gasteiger partial charge is 0.306 e. The first-order chi connectivity index (χ1) is 37.5. The molecule has 0 radical (unpaired) electrons. The molecule has 9 nitrogen and oxygen atoms in total. The van der Waals surface area contributed by atoms with Crippen molar-refractivity contribution in [2.75, 3.05) is 47.5 Å². The fourth-order valence-corrected chi connectivity index (χ4v) is 10.3. The second kappa shape index (κ2) is 58.6. The van der Waals surface area contributed by atoms with Crippen LogP contribution < -0.4 is 4.89 Å². The van der Waals surface area contributed by atoms with Gasteiger partial charge in [-0.3, -0.25) is 14.2 Å². The van der Waals surface area contributed by atoms with E-state index in [4.69, 9.17) is 18.5 Å². The van der Waals surface area contributed by atoms with Gasteiger partial charge in [0.15, 0.2) is 6.10 Å². The molecule has 0 saturated heterocycles. The van der Waals surface area contributed by atoms with Crippen LogP contribution >= 0.6 is 7.82 Å². The standard InChI is InChI=1S/C67H126NO8P/c1-6-8-10-12-14-16-18-20-21-22-23-24-25-26-27-28-29-30-31-32-33-34-35-36-37-38-39-40-41-42-43-44-45-46-47-48-50-52-54-56-58-60-67(70)76-65(64-75-77(71,72)74-62-61-68(3,4)5)63-73-66(69)59-57-55-53-51-49-19-17-15-13-11-9-7-2/h8,10,14,16,20-21,23-24,65H,6-7,9,11-13,15,17-19,22,25-64H2,1-5H3/b10-8-,16-14-,21-20-,24-23-. The number of quaternary nitrogens is 1. The van der Waals surface area contributed by atoms with E-state index in [2.05, 4.69) is 62.5 Å². The van der Waals surface area contributed by atoms with Gasteiger partial charge in [-0.2, -0.15) is 0 Å². The number of unbranched alkanes of at least 4 members (excludes halogenated alkanes) is 39. The van der Waals surface area contributed by atoms with Crippen LogP contribution in [0.15, 0.2) is 48.6 Å². The molecule has 0 aromatic carbocycles. The second-order valence-electron chi connectivity index (χ2n) is 23.5. The Morgan fingerprint density at radius 1 is 0.416 bits per heavy atom. The van der Waals surface area contributed by atoms with Crippen LogP contribution in [0.25, 0.3) is 0 Å². The fourth-order valence-electron chi connectivity index (χ4n) is 9.59. The lowest BCUT2D eigenvalue weighted by molar-refractivity contribution is -0.870. The normalized spacial score (nSPS) is 13.5. The Labute approximate surface area is 477 Å². The molecule has 0 heterocycles. The molecule has 2 unspecified atom stereocenters. The molecule has 0 aromatic heterocycles. The van der Waals surface area contributed by atoms with E-state index in [9.17, 15) is 19.0 Å². The quantitative estimate of drug-likeness (QED) is 0.0195. The van der Waals surface area contributed by atoms with Crippen molar-refractivity contribution in [2.24, 2.45) is 0 Å². The van der Waals surface area contributed by atoms with Gasteiger partial charge >= 0.3 is 11.9 Å². The molecule has 0 spiro atoms. The molecule has 0 aliphatic carbocycles. The SMILES string of the molecule is CC/C=C\C/C=C\C/C=C\C/C=C\CCCCCCCCCCCCCCCCCCCCCCCCCCCCCCC(=O)OC(COC(=O)CCCCCCCCCCCCCC)COP(=O)([O-])OCC[N+](C)(C)C. The van der Waals surface area contributed by atoms with Gasteiger partial charge in [-0.15, -0.1) is 0 Å². The van der Waals surface area contributed by atoms with Gasteiger partial charge in [0, 0.05) is 12.8 Å². The molecule has 10 heteroatoms. The molecule has 2 atom stereocenters. The minimum atomic E-state index is -4.63. The van der Waals surface area contributed by atoms with Crippen molar-refractivity contribution in [3.8, 4) is 0 Å². The number of esters is 2. The fraction of sp³-hybridized carbons (Fsp3) is 0.851. The van der Waals surface area contributed by atoms with Crippen LogP contribution in [0.1, 0.15) is 316 Å². The van der Waals surface area contributed by atoms with Crippen molar-refractivity contribution in [3.05, 3.63) is 48.6 Å². The lowest BCUT2D eigenvalue weighted by Crippen LogP contribution is -2.37. The first-order valence-electron chi connectivity index (χ1n) is 32.8. The maximum atomic E-state index is 12.8. The highest BCUT2D eigenvalue weighted by Crippen LogP contribution is 2.38. The van der Waals surface area contributed by atoms with Gasteiger partial charge in [0.2, 0.25) is 0 Å². The average molecular weight is 1100 g/mol. The Kier molecular flexibility index (Phi) is 57.1. The Balaban J connectivity index is 3.81. The van der Waals surface area contributed by atoms with E-state index in [-0.39, 0.29) is 32.0 Å². The predicted octanol–water partition coefficient (Wildman–Crippen LogP) is 20.2. The molecule has 0 amide bonds. The van der Waals surface area contributed by atoms with E-state index in [0.29, 0.717) is 17.4 Å². The largest absolute Gasteiger partial charge is 0.756 e. The zero-order chi connectivity index (χ0) is 56.3. The molecule has 0 bridgehead atoms. The minimum absolute atomic E-state index is 0.0273. The first kappa shape index (κ1) is 75.0. The predicted molar refractivity (Wildman–Crippen MR) is 328 cm³/mol. The third-order valence-electron chi connectivity index (χ3n) is 14.6. The van der Waals surface area contributed by atoms with Crippen molar-refractivity contribution < 1.29 is 42.1 Å². The zero-order valence-electron chi connectivity index (χ0n) is 51.4. The summed E-state index contributed by atoms with van der Waals surface area (Å²) in [5.41, 5.74) is 0. The van der Waals surface area contributed by atoms with Crippen molar-refractivity contribution in [3.63, 3.8) is 0 Å². The number of carbonyl (C=O) groups is 2. The molecule has 0 aromatic rings. The molecular formula is C67H126NO8P. The van der Waals surface area contributed by atoms with Crippen LogP contribution in [0.4, 0.5) is 0 Å². The number of allylic oxidation sites excluding steroid dienone is 8. The van der Waals surface area contributed by atoms with Crippen LogP contribution in [-0.2, 0) is 32.7 Å². The molecule has 0 fully saturated rings. The number of nitrogens with zero attached hydrogens (tertiary/aromatic N) is 1. The first-order valence-corrected chi connectivity index (χ1v) is 34.3. The molecule has 77 heavy (non-hydrogen) atoms. The lowest BCUT2D eigenvalue weighted by atomic mass is 10.0. The summed E-state index contributed by atoms with van der Waals surface area (Å²) in [7, 11) is 1.18. The minimum Gasteiger partial charge on any atom is -0.756 e. The van der Waals surface area contributed by atoms with Crippen LogP contribution in [0.2, 0.25) is 0 Å². The van der Waals surface area contributed by atoms with Crippen LogP contribution in [0.3, 0.4) is 0 Å². The number of rotatable bonds is 61. The zero-order valence-corrected chi connectivity index (χ0v) is 52.3. The van der Waals surface area contributed by atoms with Crippen LogP contribution in [0.5, 0.6) is 0 Å². The molecule has 0 aliphatic rings. The summed E-state index contributed by atoms with van der Waals surface area (Å²) in [6.07, 6.45) is 75.0. The second-order valence-corrected chi connectivity index (χ2v) is 24.9. The maximum absolute atomic E-state index is 12.8. The third kappa shape index (κ3) is 63.0. The summed E-state index contributed by atoms with van der Waals surface area (Å²) in [5.74, 6) is -0.817. The Hall–Kier alpha value is -2.03. The van der Waals surface area contributed by atoms with E-state index in [1.807, 2.05) is 21.1 Å². The van der Waals surface area contributed by atoms with Gasteiger partial charge in [-0.1, -0.05) is 300 Å². The summed E-state index contributed by atoms with van der Waals surface area (Å²) in [4.78, 5) is 37.8. The van der Waals surface area contributed by atoms with E-state index < -0.39 is 26.5 Å². The van der Waals surface area contributed by atoms with Gasteiger partial charge < -0.3 is 27.9 Å². The average Bonchev–Trinajstić information content (AvgIpc) is 3.39. The van der Waals surface area contributed by atoms with Crippen LogP contribution in [0, 0.1) is 0 Å². The van der Waals surface area contributed by atoms with Gasteiger partial charge in [-0.25, -0.2) is 0 Å². The molecule has 0 N–H and O–H groups in total. The van der Waals surface area contributed by atoms with Crippen molar-refractivity contribution in [1.82, 2.24) is 0 Å². The van der Waals surface area contributed by atoms with Crippen molar-refractivity contribution in [2.45, 2.75) is 322 Å². The Morgan fingerprint density at radius 2 is 0.740 bits per heavy atom. The monoisotopic (exact) mass is 1100 g/mol. The Morgan fingerprint density at radius 3 is 1.10 bits per heavy atom. The van der Waals surface area contributed by atoms with E-state index in [0.717, 1.165) is 57.8 Å². The number of ether oxygens (including phenoxy) is 2. The van der Waals surface area contributed by atoms with Crippen molar-refractivity contribution >= 4 is 19.8 Å². The van der Waals surface area contributed by atoms with Gasteiger partial charge in [0.25, 0.3) is 7.82 Å². The molecule has 0 aliphatic heterocycles. The summed E-state index contributed by atoms with van der Waals surface area (Å²) in [6.45, 7) is 4.16. The van der Waals surface area contributed by atoms with Gasteiger partial charge in [0.05, 0.1) is 27.7 Å². The Bertz CT molecular complexity index is 1440. The summed E-state index contributed by atoms with van der Waals surface area (Å²) >= 11 is 0. The van der Waals surface area contributed by atoms with E-state index >= 15 is 0 Å². The number of carbonyl (C=O) groups excluding carboxylic acids is 2. The molecule has 0 rings (SSSR count). The lowest BCUT2D eigenvalue weighted by Gasteiger charge is -2.28. The highest BCUT2D eigenvalue weighted by Gasteiger charge is 2.22. The number of phosphoric ester groups is 1. The number of phosphoric acid groups is 1. The highest BCUT2D eigenvalue weighted by atomic mass is 31.2. The maximum Gasteiger partial charge on any atom is 0.306 e. The van der Waals surface area contributed by atoms with E-state index in [1.54, 1.807) is 0 Å². The summed E-state index contributed by atoms with van der Waals surface area (Å²) in [5, 5.41) is 0. The topological polar surface area (TPSA) is 111 Å². The van der Waals surface area contributed by atoms with E-state index in [1.165, 1.54) is 225 Å². The van der Waals surface area contributed by atoms with Crippen molar-refractivity contribution in [1.29, 1.82) is 0 Å². The van der Waals surface area contributed by atoms with Gasteiger partial charge in [0.1, 0.15) is 19.8 Å². The number of hydrogen-bond acceptors (Lipinski definition) is 8. The van der Waals surface area contributed by atoms with Crippen LogP contribution in [-0.4, -0.2) is 70.0 Å². The molecule has 452 valence electrons. The summed E-state index contributed by atoms with van der Waals surface area (Å²) in [6, 6.07) is 0. The highest BCUT2D eigenvalue weighted by molar-refractivity contribution is 7.45. The summed E-state index contributed by atoms with van der Waals surface area (Å²) < 4.78 is 34.1. The molecular weight excluding hydrogens is 978 g/mol. The molecule has 0 saturated carbocycles. The third-order valence-corrected chi connectivity index (χ3v) is 15.6.